The molecule has 0 radical (unpaired) electrons. The van der Waals surface area contributed by atoms with Crippen LogP contribution in [0.15, 0.2) is 48.5 Å². The highest BCUT2D eigenvalue weighted by molar-refractivity contribution is 5.57. The van der Waals surface area contributed by atoms with E-state index in [0.29, 0.717) is 0 Å². The topological polar surface area (TPSA) is 46.2 Å². The Morgan fingerprint density at radius 1 is 0.722 bits per heavy atom. The molecule has 90 valence electrons. The number of rotatable bonds is 0. The van der Waals surface area contributed by atoms with Gasteiger partial charge in [0, 0.05) is 17.9 Å². The predicted octanol–water partition coefficient (Wildman–Crippen LogP) is 1.97. The van der Waals surface area contributed by atoms with Crippen LogP contribution in [0.4, 0.5) is 0 Å². The van der Waals surface area contributed by atoms with E-state index in [1.807, 2.05) is 12.1 Å². The van der Waals surface area contributed by atoms with Gasteiger partial charge in [0.25, 0.3) is 0 Å². The van der Waals surface area contributed by atoms with E-state index in [1.54, 1.807) is 0 Å². The van der Waals surface area contributed by atoms with Crippen LogP contribution >= 0.6 is 0 Å². The molecule has 0 amide bonds. The second-order valence-corrected chi connectivity index (χ2v) is 5.28. The number of aliphatic hydroxyl groups excluding tert-OH is 1. The molecule has 0 unspecified atom stereocenters. The van der Waals surface area contributed by atoms with Gasteiger partial charge < -0.3 is 10.8 Å². The lowest BCUT2D eigenvalue weighted by atomic mass is 9.60. The van der Waals surface area contributed by atoms with E-state index < -0.39 is 6.10 Å². The summed E-state index contributed by atoms with van der Waals surface area (Å²) in [5.74, 6) is 0.176. The Kier molecular flexibility index (Phi) is 1.97. The molecule has 2 aromatic rings. The molecule has 2 bridgehead atoms. The smallest absolute Gasteiger partial charge is 0.0809 e. The van der Waals surface area contributed by atoms with E-state index >= 15 is 0 Å². The Bertz CT molecular complexity index is 520. The van der Waals surface area contributed by atoms with Gasteiger partial charge in [-0.3, -0.25) is 0 Å². The van der Waals surface area contributed by atoms with Crippen LogP contribution < -0.4 is 5.73 Å². The number of hydrogen-bond donors (Lipinski definition) is 2. The van der Waals surface area contributed by atoms with Gasteiger partial charge in [-0.2, -0.15) is 0 Å². The Balaban J connectivity index is 2.06. The third kappa shape index (κ3) is 1.10. The summed E-state index contributed by atoms with van der Waals surface area (Å²) in [7, 11) is 0. The second-order valence-electron chi connectivity index (χ2n) is 5.28. The molecule has 2 heteroatoms. The van der Waals surface area contributed by atoms with Crippen molar-refractivity contribution in [3.63, 3.8) is 0 Å². The molecule has 0 fully saturated rings. The van der Waals surface area contributed by atoms with Crippen LogP contribution in [-0.2, 0) is 0 Å². The second kappa shape index (κ2) is 3.44. The highest BCUT2D eigenvalue weighted by Gasteiger charge is 2.47. The van der Waals surface area contributed by atoms with Crippen molar-refractivity contribution < 1.29 is 5.11 Å². The first kappa shape index (κ1) is 10.3. The zero-order valence-corrected chi connectivity index (χ0v) is 9.95. The number of aliphatic hydroxyl groups is 1. The molecule has 0 spiro atoms. The zero-order valence-electron chi connectivity index (χ0n) is 9.95. The van der Waals surface area contributed by atoms with E-state index in [9.17, 15) is 5.11 Å². The maximum Gasteiger partial charge on any atom is 0.0809 e. The minimum Gasteiger partial charge on any atom is -0.390 e. The Labute approximate surface area is 106 Å². The summed E-state index contributed by atoms with van der Waals surface area (Å²) in [5.41, 5.74) is 11.3. The molecule has 18 heavy (non-hydrogen) atoms. The molecule has 0 saturated carbocycles. The number of nitrogens with two attached hydrogens (primary N) is 1. The summed E-state index contributed by atoms with van der Waals surface area (Å²) in [6, 6.07) is 16.5. The Hall–Kier alpha value is -1.64. The molecule has 3 aliphatic carbocycles. The zero-order chi connectivity index (χ0) is 12.3. The van der Waals surface area contributed by atoms with Crippen molar-refractivity contribution in [2.45, 2.75) is 24.0 Å². The molecule has 0 aromatic heterocycles. The SMILES string of the molecule is N[C@H]1C2c3ccccc3C(c3ccccc32)[C@H]1O. The fraction of sp³-hybridized carbons (Fsp3) is 0.250. The van der Waals surface area contributed by atoms with Crippen LogP contribution in [0.3, 0.4) is 0 Å². The summed E-state index contributed by atoms with van der Waals surface area (Å²) < 4.78 is 0. The van der Waals surface area contributed by atoms with Gasteiger partial charge in [0.15, 0.2) is 0 Å². The maximum absolute atomic E-state index is 10.4. The van der Waals surface area contributed by atoms with Gasteiger partial charge in [-0.25, -0.2) is 0 Å². The standard InChI is InChI=1S/C16H15NO/c17-15-13-9-5-1-3-7-11(9)14(16(15)18)12-8-4-2-6-10(12)13/h1-8,13-16,18H,17H2/t13?,14?,15-,16+/m0/s1. The van der Waals surface area contributed by atoms with Gasteiger partial charge in [-0.05, 0) is 22.3 Å². The van der Waals surface area contributed by atoms with Gasteiger partial charge >= 0.3 is 0 Å². The molecule has 3 aliphatic rings. The Morgan fingerprint density at radius 3 is 1.56 bits per heavy atom. The van der Waals surface area contributed by atoms with Crippen molar-refractivity contribution in [1.29, 1.82) is 0 Å². The van der Waals surface area contributed by atoms with Crippen LogP contribution in [0.25, 0.3) is 0 Å². The molecule has 0 aliphatic heterocycles. The molecule has 0 saturated heterocycles. The Morgan fingerprint density at radius 2 is 1.11 bits per heavy atom. The van der Waals surface area contributed by atoms with Crippen LogP contribution in [0.1, 0.15) is 34.1 Å². The molecule has 2 aromatic carbocycles. The predicted molar refractivity (Wildman–Crippen MR) is 70.6 cm³/mol. The molecular formula is C16H15NO. The molecule has 3 N–H and O–H groups in total. The number of benzene rings is 2. The minimum absolute atomic E-state index is 0.0393. The highest BCUT2D eigenvalue weighted by Crippen LogP contribution is 2.51. The number of hydrogen-bond acceptors (Lipinski definition) is 2. The first-order valence-corrected chi connectivity index (χ1v) is 6.40. The minimum atomic E-state index is -0.472. The summed E-state index contributed by atoms with van der Waals surface area (Å²) in [5, 5.41) is 10.4. The molecule has 5 rings (SSSR count). The first-order valence-electron chi connectivity index (χ1n) is 6.40. The van der Waals surface area contributed by atoms with E-state index in [-0.39, 0.29) is 17.9 Å². The molecule has 2 atom stereocenters. The average molecular weight is 237 g/mol. The van der Waals surface area contributed by atoms with Crippen LogP contribution in [-0.4, -0.2) is 17.3 Å². The van der Waals surface area contributed by atoms with Crippen molar-refractivity contribution in [3.8, 4) is 0 Å². The first-order chi connectivity index (χ1) is 8.79. The van der Waals surface area contributed by atoms with E-state index in [1.165, 1.54) is 22.3 Å². The average Bonchev–Trinajstić information content (AvgIpc) is 2.42. The van der Waals surface area contributed by atoms with Crippen LogP contribution in [0.5, 0.6) is 0 Å². The van der Waals surface area contributed by atoms with E-state index in [2.05, 4.69) is 36.4 Å². The fourth-order valence-electron chi connectivity index (χ4n) is 3.69. The van der Waals surface area contributed by atoms with E-state index in [0.717, 1.165) is 0 Å². The van der Waals surface area contributed by atoms with Crippen molar-refractivity contribution in [2.75, 3.05) is 0 Å². The van der Waals surface area contributed by atoms with E-state index in [4.69, 9.17) is 5.73 Å². The highest BCUT2D eigenvalue weighted by atomic mass is 16.3. The van der Waals surface area contributed by atoms with Gasteiger partial charge in [0.1, 0.15) is 0 Å². The molecular weight excluding hydrogens is 222 g/mol. The van der Waals surface area contributed by atoms with Gasteiger partial charge in [0.2, 0.25) is 0 Å². The lowest BCUT2D eigenvalue weighted by Gasteiger charge is -2.47. The summed E-state index contributed by atoms with van der Waals surface area (Å²) in [4.78, 5) is 0. The summed E-state index contributed by atoms with van der Waals surface area (Å²) >= 11 is 0. The molecule has 2 nitrogen and oxygen atoms in total. The van der Waals surface area contributed by atoms with Crippen molar-refractivity contribution in [3.05, 3.63) is 70.8 Å². The third-order valence-corrected chi connectivity index (χ3v) is 4.45. The quantitative estimate of drug-likeness (QED) is 0.736. The normalized spacial score (nSPS) is 31.9. The van der Waals surface area contributed by atoms with Crippen molar-refractivity contribution >= 4 is 0 Å². The fourth-order valence-corrected chi connectivity index (χ4v) is 3.69. The maximum atomic E-state index is 10.4. The largest absolute Gasteiger partial charge is 0.390 e. The van der Waals surface area contributed by atoms with Crippen LogP contribution in [0.2, 0.25) is 0 Å². The van der Waals surface area contributed by atoms with Crippen molar-refractivity contribution in [2.24, 2.45) is 5.73 Å². The summed E-state index contributed by atoms with van der Waals surface area (Å²) in [6.07, 6.45) is -0.472. The van der Waals surface area contributed by atoms with Gasteiger partial charge in [-0.1, -0.05) is 48.5 Å². The lowest BCUT2D eigenvalue weighted by molar-refractivity contribution is 0.102. The van der Waals surface area contributed by atoms with Crippen molar-refractivity contribution in [1.82, 2.24) is 0 Å². The monoisotopic (exact) mass is 237 g/mol. The third-order valence-electron chi connectivity index (χ3n) is 4.45. The molecule has 0 heterocycles. The van der Waals surface area contributed by atoms with Crippen LogP contribution in [0, 0.1) is 0 Å². The van der Waals surface area contributed by atoms with Gasteiger partial charge in [0.05, 0.1) is 6.10 Å². The lowest BCUT2D eigenvalue weighted by Crippen LogP contribution is -2.51. The van der Waals surface area contributed by atoms with Gasteiger partial charge in [-0.15, -0.1) is 0 Å². The number of fused-ring (bicyclic) bond motifs is 1. The summed E-state index contributed by atoms with van der Waals surface area (Å²) in [6.45, 7) is 0.